The molecule has 8 nitrogen and oxygen atoms in total. The van der Waals surface area contributed by atoms with Gasteiger partial charge in [0.25, 0.3) is 0 Å². The number of fused-ring (bicyclic) bond motifs is 1. The van der Waals surface area contributed by atoms with Crippen LogP contribution in [0.1, 0.15) is 0 Å². The van der Waals surface area contributed by atoms with Crippen molar-refractivity contribution in [3.8, 4) is 5.75 Å². The van der Waals surface area contributed by atoms with Gasteiger partial charge >= 0.3 is 11.9 Å². The van der Waals surface area contributed by atoms with Crippen LogP contribution in [0.3, 0.4) is 0 Å². The molecule has 0 heterocycles. The maximum Gasteiger partial charge on any atom is 0.328 e. The summed E-state index contributed by atoms with van der Waals surface area (Å²) in [6.07, 6.45) is 1.07. The third-order valence-corrected chi connectivity index (χ3v) is 3.37. The van der Waals surface area contributed by atoms with E-state index in [0.29, 0.717) is 25.3 Å². The number of nitrogens with two attached hydrogens (primary N) is 1. The third-order valence-electron chi connectivity index (χ3n) is 3.37. The van der Waals surface area contributed by atoms with Crippen molar-refractivity contribution in [3.05, 3.63) is 54.6 Å². The van der Waals surface area contributed by atoms with E-state index in [1.165, 1.54) is 5.39 Å². The lowest BCUT2D eigenvalue weighted by Gasteiger charge is -2.20. The van der Waals surface area contributed by atoms with Crippen LogP contribution < -0.4 is 10.6 Å². The lowest BCUT2D eigenvalue weighted by molar-refractivity contribution is -0.134. The van der Waals surface area contributed by atoms with E-state index in [4.69, 9.17) is 25.5 Å². The summed E-state index contributed by atoms with van der Waals surface area (Å²) in [5.41, 5.74) is 0. The van der Waals surface area contributed by atoms with Gasteiger partial charge in [0.15, 0.2) is 0 Å². The number of hydrogen-bond acceptors (Lipinski definition) is 6. The zero-order chi connectivity index (χ0) is 20.2. The van der Waals surface area contributed by atoms with Crippen LogP contribution >= 0.6 is 0 Å². The van der Waals surface area contributed by atoms with Crippen molar-refractivity contribution in [2.24, 2.45) is 5.84 Å². The number of carboxylic acids is 2. The van der Waals surface area contributed by atoms with Gasteiger partial charge in [-0.25, -0.2) is 14.6 Å². The molecular formula is C19H24N2O6. The smallest absolute Gasteiger partial charge is 0.328 e. The predicted molar refractivity (Wildman–Crippen MR) is 101 cm³/mol. The molecule has 0 saturated carbocycles. The van der Waals surface area contributed by atoms with Crippen molar-refractivity contribution >= 4 is 22.7 Å². The first-order valence-electron chi connectivity index (χ1n) is 8.06. The van der Waals surface area contributed by atoms with Gasteiger partial charge < -0.3 is 19.7 Å². The Morgan fingerprint density at radius 2 is 1.70 bits per heavy atom. The number of methoxy groups -OCH3 is 1. The Labute approximate surface area is 157 Å². The number of nitrogens with zero attached hydrogens (tertiary/aromatic N) is 1. The van der Waals surface area contributed by atoms with E-state index in [2.05, 4.69) is 18.2 Å². The molecule has 1 atom stereocenters. The second-order valence-corrected chi connectivity index (χ2v) is 5.60. The first-order chi connectivity index (χ1) is 12.8. The maximum atomic E-state index is 9.55. The fourth-order valence-corrected chi connectivity index (χ4v) is 2.16. The summed E-state index contributed by atoms with van der Waals surface area (Å²) in [4.78, 5) is 19.1. The molecule has 0 amide bonds. The molecule has 4 N–H and O–H groups in total. The summed E-state index contributed by atoms with van der Waals surface area (Å²) < 4.78 is 11.2. The first kappa shape index (κ1) is 22.1. The van der Waals surface area contributed by atoms with Gasteiger partial charge in [-0.05, 0) is 11.5 Å². The van der Waals surface area contributed by atoms with Crippen molar-refractivity contribution in [2.75, 3.05) is 27.3 Å². The minimum Gasteiger partial charge on any atom is -0.490 e. The summed E-state index contributed by atoms with van der Waals surface area (Å²) in [7, 11) is 3.48. The topological polar surface area (TPSA) is 122 Å². The Morgan fingerprint density at radius 3 is 2.26 bits per heavy atom. The monoisotopic (exact) mass is 376 g/mol. The molecule has 0 saturated heterocycles. The first-order valence-corrected chi connectivity index (χ1v) is 8.06. The molecule has 2 rings (SSSR count). The molecule has 0 aromatic heterocycles. The summed E-state index contributed by atoms with van der Waals surface area (Å²) in [6, 6.07) is 14.2. The number of carboxylic acid groups (broad SMARTS) is 2. The normalized spacial score (nSPS) is 11.9. The van der Waals surface area contributed by atoms with Crippen molar-refractivity contribution in [3.63, 3.8) is 0 Å². The molecule has 0 fully saturated rings. The molecule has 1 unspecified atom stereocenters. The quantitative estimate of drug-likeness (QED) is 0.362. The summed E-state index contributed by atoms with van der Waals surface area (Å²) in [5.74, 6) is 3.99. The predicted octanol–water partition coefficient (Wildman–Crippen LogP) is 1.75. The molecular weight excluding hydrogens is 352 g/mol. The Hall–Kier alpha value is -2.94. The van der Waals surface area contributed by atoms with E-state index in [-0.39, 0.29) is 6.10 Å². The van der Waals surface area contributed by atoms with Gasteiger partial charge in [0.1, 0.15) is 18.5 Å². The minimum absolute atomic E-state index is 0.0473. The number of hydrazine groups is 1. The van der Waals surface area contributed by atoms with Gasteiger partial charge in [0.2, 0.25) is 0 Å². The Bertz CT molecular complexity index is 754. The molecule has 0 aliphatic heterocycles. The van der Waals surface area contributed by atoms with Crippen LogP contribution in [0.5, 0.6) is 5.75 Å². The van der Waals surface area contributed by atoms with E-state index in [1.54, 1.807) is 12.1 Å². The number of aliphatic carboxylic acids is 2. The average Bonchev–Trinajstić information content (AvgIpc) is 2.63. The van der Waals surface area contributed by atoms with Gasteiger partial charge in [-0.15, -0.1) is 0 Å². The fraction of sp³-hybridized carbons (Fsp3) is 0.263. The van der Waals surface area contributed by atoms with Crippen molar-refractivity contribution < 1.29 is 29.3 Å². The Morgan fingerprint density at radius 1 is 1.11 bits per heavy atom. The largest absolute Gasteiger partial charge is 0.490 e. The number of benzene rings is 2. The van der Waals surface area contributed by atoms with Crippen LogP contribution in [0.15, 0.2) is 54.6 Å². The highest BCUT2D eigenvalue weighted by molar-refractivity contribution is 5.89. The molecule has 0 spiro atoms. The molecule has 2 aromatic rings. The van der Waals surface area contributed by atoms with Crippen LogP contribution in [-0.2, 0) is 14.3 Å². The van der Waals surface area contributed by atoms with Gasteiger partial charge in [-0.2, -0.15) is 0 Å². The molecule has 0 radical (unpaired) electrons. The minimum atomic E-state index is -1.26. The summed E-state index contributed by atoms with van der Waals surface area (Å²) in [5, 5.41) is 19.5. The second kappa shape index (κ2) is 11.6. The van der Waals surface area contributed by atoms with Crippen molar-refractivity contribution in [1.82, 2.24) is 5.01 Å². The zero-order valence-corrected chi connectivity index (χ0v) is 15.2. The highest BCUT2D eigenvalue weighted by atomic mass is 16.5. The van der Waals surface area contributed by atoms with Gasteiger partial charge in [0.05, 0.1) is 0 Å². The number of rotatable bonds is 8. The highest BCUT2D eigenvalue weighted by Gasteiger charge is 2.11. The van der Waals surface area contributed by atoms with Crippen LogP contribution in [0.2, 0.25) is 0 Å². The molecule has 27 heavy (non-hydrogen) atoms. The standard InChI is InChI=1S/C15H20N2O2.C4H4O4/c1-17(16)10-13(18-2)11-19-15-9-5-7-12-6-3-4-8-14(12)15;5-3(6)1-2-4(7)8/h3-9,13H,10-11,16H2,1-2H3;1-2H,(H,5,6)(H,7,8)/b;2-1-. The van der Waals surface area contributed by atoms with E-state index in [0.717, 1.165) is 11.1 Å². The van der Waals surface area contributed by atoms with Crippen LogP contribution in [-0.4, -0.2) is 60.6 Å². The summed E-state index contributed by atoms with van der Waals surface area (Å²) in [6.45, 7) is 1.10. The average molecular weight is 376 g/mol. The Kier molecular flexibility index (Phi) is 9.52. The number of hydrogen-bond donors (Lipinski definition) is 3. The third kappa shape index (κ3) is 8.82. The van der Waals surface area contributed by atoms with Crippen LogP contribution in [0.4, 0.5) is 0 Å². The van der Waals surface area contributed by atoms with E-state index in [9.17, 15) is 9.59 Å². The van der Waals surface area contributed by atoms with Crippen LogP contribution in [0.25, 0.3) is 10.8 Å². The highest BCUT2D eigenvalue weighted by Crippen LogP contribution is 2.25. The number of ether oxygens (including phenoxy) is 2. The summed E-state index contributed by atoms with van der Waals surface area (Å²) >= 11 is 0. The maximum absolute atomic E-state index is 9.55. The fourth-order valence-electron chi connectivity index (χ4n) is 2.16. The van der Waals surface area contributed by atoms with Gasteiger partial charge in [0, 0.05) is 38.2 Å². The molecule has 0 bridgehead atoms. The van der Waals surface area contributed by atoms with E-state index in [1.807, 2.05) is 31.3 Å². The van der Waals surface area contributed by atoms with Crippen molar-refractivity contribution in [1.29, 1.82) is 0 Å². The molecule has 2 aromatic carbocycles. The molecule has 146 valence electrons. The van der Waals surface area contributed by atoms with Crippen molar-refractivity contribution in [2.45, 2.75) is 6.10 Å². The number of likely N-dealkylation sites (N-methyl/N-ethyl adjacent to an activating group) is 1. The molecule has 0 aliphatic rings. The number of carbonyl (C=O) groups is 2. The van der Waals surface area contributed by atoms with Gasteiger partial charge in [-0.1, -0.05) is 36.4 Å². The Balaban J connectivity index is 0.000000387. The van der Waals surface area contributed by atoms with Gasteiger partial charge in [-0.3, -0.25) is 5.84 Å². The molecule has 8 heteroatoms. The van der Waals surface area contributed by atoms with E-state index >= 15 is 0 Å². The van der Waals surface area contributed by atoms with Crippen LogP contribution in [0, 0.1) is 0 Å². The lowest BCUT2D eigenvalue weighted by atomic mass is 10.1. The zero-order valence-electron chi connectivity index (χ0n) is 15.2. The lowest BCUT2D eigenvalue weighted by Crippen LogP contribution is -2.38. The SMILES string of the molecule is COC(COc1cccc2ccccc12)CN(C)N.O=C(O)/C=C\C(=O)O. The second-order valence-electron chi connectivity index (χ2n) is 5.60. The van der Waals surface area contributed by atoms with E-state index < -0.39 is 11.9 Å². The molecule has 0 aliphatic carbocycles.